The molecule has 0 aliphatic rings. The number of carbonyl (C=O) groups is 2. The number of aryl methyl sites for hydroxylation is 1. The summed E-state index contributed by atoms with van der Waals surface area (Å²) in [4.78, 5) is 24.2. The summed E-state index contributed by atoms with van der Waals surface area (Å²) in [6, 6.07) is 7.36. The van der Waals surface area contributed by atoms with E-state index in [1.54, 1.807) is 30.8 Å². The standard InChI is InChI=1S/C17H18IN3O3S/c1-10-7-11-8-14(15(22)5-6-19)21(25-18)13(11)9-12(10)20-16(23)24-17(2,3)4/h7-9H,5H2,1-4H3,(H,20,23). The zero-order chi connectivity index (χ0) is 18.8. The fraction of sp³-hybridized carbons (Fsp3) is 0.353. The van der Waals surface area contributed by atoms with Gasteiger partial charge in [-0.2, -0.15) is 5.26 Å². The van der Waals surface area contributed by atoms with Crippen molar-refractivity contribution < 1.29 is 14.3 Å². The second-order valence-corrected chi connectivity index (χ2v) is 8.19. The van der Waals surface area contributed by atoms with Gasteiger partial charge in [-0.3, -0.25) is 14.1 Å². The highest BCUT2D eigenvalue weighted by atomic mass is 127. The van der Waals surface area contributed by atoms with E-state index in [-0.39, 0.29) is 12.2 Å². The van der Waals surface area contributed by atoms with Crippen molar-refractivity contribution in [3.8, 4) is 6.07 Å². The van der Waals surface area contributed by atoms with Crippen molar-refractivity contribution in [2.75, 3.05) is 5.32 Å². The maximum absolute atomic E-state index is 12.1. The molecule has 6 nitrogen and oxygen atoms in total. The summed E-state index contributed by atoms with van der Waals surface area (Å²) in [6.45, 7) is 7.27. The summed E-state index contributed by atoms with van der Waals surface area (Å²) in [5.41, 5.74) is 2.14. The molecular weight excluding hydrogens is 453 g/mol. The summed E-state index contributed by atoms with van der Waals surface area (Å²) >= 11 is 2.08. The third kappa shape index (κ3) is 4.67. The molecule has 25 heavy (non-hydrogen) atoms. The first-order valence-corrected chi connectivity index (χ1v) is 10.8. The molecule has 0 bridgehead atoms. The van der Waals surface area contributed by atoms with Crippen LogP contribution >= 0.6 is 30.3 Å². The molecule has 0 atom stereocenters. The molecule has 0 saturated heterocycles. The zero-order valence-corrected chi connectivity index (χ0v) is 17.3. The lowest BCUT2D eigenvalue weighted by Gasteiger charge is -2.20. The van der Waals surface area contributed by atoms with Gasteiger partial charge in [-0.05, 0) is 51.5 Å². The number of rotatable bonds is 4. The fourth-order valence-electron chi connectivity index (χ4n) is 2.32. The molecule has 0 radical (unpaired) electrons. The molecule has 2 aromatic rings. The number of anilines is 1. The van der Waals surface area contributed by atoms with E-state index in [2.05, 4.69) is 26.5 Å². The minimum atomic E-state index is -0.586. The minimum Gasteiger partial charge on any atom is -0.444 e. The van der Waals surface area contributed by atoms with E-state index in [4.69, 9.17) is 10.00 Å². The molecule has 0 fully saturated rings. The van der Waals surface area contributed by atoms with Crippen LogP contribution in [0.3, 0.4) is 0 Å². The summed E-state index contributed by atoms with van der Waals surface area (Å²) < 4.78 is 7.05. The lowest BCUT2D eigenvalue weighted by atomic mass is 10.1. The number of Topliss-reactive ketones (excluding diaryl/α,β-unsaturated/α-hetero) is 1. The first kappa shape index (κ1) is 19.6. The van der Waals surface area contributed by atoms with E-state index in [1.165, 1.54) is 9.12 Å². The molecule has 0 aliphatic carbocycles. The average Bonchev–Trinajstić information content (AvgIpc) is 2.83. The number of hydrogen-bond donors (Lipinski definition) is 1. The second-order valence-electron chi connectivity index (χ2n) is 6.50. The maximum atomic E-state index is 12.1. The highest BCUT2D eigenvalue weighted by molar-refractivity contribution is 14.2. The van der Waals surface area contributed by atoms with E-state index >= 15 is 0 Å². The Morgan fingerprint density at radius 3 is 2.60 bits per heavy atom. The first-order valence-electron chi connectivity index (χ1n) is 7.51. The van der Waals surface area contributed by atoms with Crippen LogP contribution in [0.2, 0.25) is 0 Å². The van der Waals surface area contributed by atoms with Gasteiger partial charge in [0.05, 0.1) is 17.3 Å². The number of nitriles is 1. The van der Waals surface area contributed by atoms with E-state index < -0.39 is 11.7 Å². The van der Waals surface area contributed by atoms with Crippen LogP contribution in [0.1, 0.15) is 43.2 Å². The second kappa shape index (κ2) is 7.66. The van der Waals surface area contributed by atoms with Gasteiger partial charge in [-0.1, -0.05) is 0 Å². The van der Waals surface area contributed by atoms with Gasteiger partial charge in [0.25, 0.3) is 0 Å². The Morgan fingerprint density at radius 1 is 1.36 bits per heavy atom. The van der Waals surface area contributed by atoms with Gasteiger partial charge in [0, 0.05) is 41.4 Å². The van der Waals surface area contributed by atoms with Crippen molar-refractivity contribution in [1.82, 2.24) is 3.97 Å². The fourth-order valence-corrected chi connectivity index (χ4v) is 4.06. The predicted octanol–water partition coefficient (Wildman–Crippen LogP) is 5.24. The van der Waals surface area contributed by atoms with Crippen molar-refractivity contribution in [3.63, 3.8) is 0 Å². The number of ether oxygens (including phenoxy) is 1. The van der Waals surface area contributed by atoms with Crippen molar-refractivity contribution in [3.05, 3.63) is 29.5 Å². The molecule has 0 unspecified atom stereocenters. The van der Waals surface area contributed by atoms with Crippen LogP contribution in [-0.4, -0.2) is 21.4 Å². The number of aromatic nitrogens is 1. The van der Waals surface area contributed by atoms with Gasteiger partial charge in [-0.25, -0.2) is 4.79 Å². The largest absolute Gasteiger partial charge is 0.444 e. The molecule has 1 N–H and O–H groups in total. The van der Waals surface area contributed by atoms with Crippen LogP contribution in [0.4, 0.5) is 10.5 Å². The van der Waals surface area contributed by atoms with E-state index in [1.807, 2.05) is 25.1 Å². The van der Waals surface area contributed by atoms with Gasteiger partial charge in [0.1, 0.15) is 12.0 Å². The van der Waals surface area contributed by atoms with E-state index in [0.29, 0.717) is 11.4 Å². The highest BCUT2D eigenvalue weighted by Crippen LogP contribution is 2.33. The Balaban J connectivity index is 2.45. The number of halogens is 1. The summed E-state index contributed by atoms with van der Waals surface area (Å²) in [6.07, 6.45) is -0.703. The van der Waals surface area contributed by atoms with Crippen LogP contribution in [0.5, 0.6) is 0 Å². The Hall–Kier alpha value is -1.73. The van der Waals surface area contributed by atoms with Crippen LogP contribution in [0.15, 0.2) is 18.2 Å². The summed E-state index contributed by atoms with van der Waals surface area (Å²) in [5, 5.41) is 12.4. The Kier molecular flexibility index (Phi) is 6.00. The topological polar surface area (TPSA) is 84.1 Å². The van der Waals surface area contributed by atoms with Crippen LogP contribution in [-0.2, 0) is 4.74 Å². The monoisotopic (exact) mass is 471 g/mol. The lowest BCUT2D eigenvalue weighted by Crippen LogP contribution is -2.27. The molecular formula is C17H18IN3O3S. The number of benzene rings is 1. The van der Waals surface area contributed by atoms with Crippen molar-refractivity contribution in [1.29, 1.82) is 5.26 Å². The average molecular weight is 471 g/mol. The minimum absolute atomic E-state index is 0.171. The molecule has 132 valence electrons. The molecule has 1 heterocycles. The molecule has 0 spiro atoms. The SMILES string of the molecule is Cc1cc2cc(C(=O)CC#N)n(SI)c2cc1NC(=O)OC(C)(C)C. The number of nitrogens with zero attached hydrogens (tertiary/aromatic N) is 2. The molecule has 1 aromatic heterocycles. The quantitative estimate of drug-likeness (QED) is 0.487. The lowest BCUT2D eigenvalue weighted by molar-refractivity contribution is 0.0635. The van der Waals surface area contributed by atoms with Gasteiger partial charge in [0.15, 0.2) is 5.78 Å². The molecule has 0 aliphatic heterocycles. The van der Waals surface area contributed by atoms with Crippen LogP contribution in [0.25, 0.3) is 10.9 Å². The predicted molar refractivity (Wildman–Crippen MR) is 108 cm³/mol. The number of ketones is 1. The van der Waals surface area contributed by atoms with E-state index in [0.717, 1.165) is 16.5 Å². The number of carbonyl (C=O) groups excluding carboxylic acids is 2. The number of fused-ring (bicyclic) bond motifs is 1. The molecule has 8 heteroatoms. The zero-order valence-electron chi connectivity index (χ0n) is 14.3. The summed E-state index contributed by atoms with van der Waals surface area (Å²) in [5.74, 6) is -0.234. The maximum Gasteiger partial charge on any atom is 0.412 e. The molecule has 1 amide bonds. The smallest absolute Gasteiger partial charge is 0.412 e. The summed E-state index contributed by atoms with van der Waals surface area (Å²) in [7, 11) is 1.34. The number of amides is 1. The Labute approximate surface area is 162 Å². The molecule has 0 saturated carbocycles. The Bertz CT molecular complexity index is 878. The Morgan fingerprint density at radius 2 is 2.04 bits per heavy atom. The first-order chi connectivity index (χ1) is 11.7. The highest BCUT2D eigenvalue weighted by Gasteiger charge is 2.19. The van der Waals surface area contributed by atoms with Crippen molar-refractivity contribution >= 4 is 58.8 Å². The van der Waals surface area contributed by atoms with Gasteiger partial charge in [-0.15, -0.1) is 0 Å². The van der Waals surface area contributed by atoms with Crippen LogP contribution < -0.4 is 5.32 Å². The van der Waals surface area contributed by atoms with Crippen molar-refractivity contribution in [2.45, 2.75) is 39.7 Å². The van der Waals surface area contributed by atoms with Crippen molar-refractivity contribution in [2.24, 2.45) is 0 Å². The third-order valence-corrected chi connectivity index (χ3v) is 5.05. The van der Waals surface area contributed by atoms with Gasteiger partial charge in [0.2, 0.25) is 0 Å². The van der Waals surface area contributed by atoms with Gasteiger partial charge >= 0.3 is 6.09 Å². The van der Waals surface area contributed by atoms with Gasteiger partial charge < -0.3 is 4.74 Å². The number of nitrogens with one attached hydrogen (secondary N) is 1. The number of hydrogen-bond acceptors (Lipinski definition) is 5. The third-order valence-electron chi connectivity index (χ3n) is 3.33. The molecule has 1 aromatic carbocycles. The molecule has 2 rings (SSSR count). The van der Waals surface area contributed by atoms with E-state index in [9.17, 15) is 9.59 Å². The van der Waals surface area contributed by atoms with Crippen LogP contribution in [0, 0.1) is 18.3 Å². The normalized spacial score (nSPS) is 11.2.